The summed E-state index contributed by atoms with van der Waals surface area (Å²) >= 11 is 0. The van der Waals surface area contributed by atoms with E-state index in [2.05, 4.69) is 21.3 Å². The van der Waals surface area contributed by atoms with E-state index in [-0.39, 0.29) is 24.0 Å². The maximum absolute atomic E-state index is 12.5. The monoisotopic (exact) mass is 455 g/mol. The molecule has 32 heavy (non-hydrogen) atoms. The molecule has 0 spiro atoms. The molecule has 2 aromatic heterocycles. The number of nitrogens with one attached hydrogen (secondary N) is 1. The smallest absolute Gasteiger partial charge is 0.475 e. The number of pyridine rings is 1. The van der Waals surface area contributed by atoms with Crippen LogP contribution in [0.2, 0.25) is 0 Å². The third-order valence-corrected chi connectivity index (χ3v) is 5.16. The van der Waals surface area contributed by atoms with Crippen LogP contribution in [0.15, 0.2) is 41.0 Å². The molecular formula is C21H24F3N3O5. The highest BCUT2D eigenvalue weighted by atomic mass is 19.4. The summed E-state index contributed by atoms with van der Waals surface area (Å²) in [5.74, 6) is -2.02. The van der Waals surface area contributed by atoms with Gasteiger partial charge in [-0.15, -0.1) is 0 Å². The molecule has 2 saturated heterocycles. The van der Waals surface area contributed by atoms with Crippen LogP contribution in [0.1, 0.15) is 23.6 Å². The SMILES string of the molecule is Cc1cccc(CN2CC3CC(C(=O)NCc4ccco4)C(C2)O3)n1.O=C(O)C(F)(F)F. The van der Waals surface area contributed by atoms with Crippen molar-refractivity contribution in [2.24, 2.45) is 5.92 Å². The molecule has 2 bridgehead atoms. The number of carbonyl (C=O) groups is 2. The lowest BCUT2D eigenvalue weighted by atomic mass is 9.99. The molecule has 4 rings (SSSR count). The van der Waals surface area contributed by atoms with Gasteiger partial charge < -0.3 is 19.6 Å². The number of furan rings is 1. The van der Waals surface area contributed by atoms with Crippen LogP contribution in [0.3, 0.4) is 0 Å². The van der Waals surface area contributed by atoms with Crippen LogP contribution in [0.5, 0.6) is 0 Å². The molecule has 3 atom stereocenters. The van der Waals surface area contributed by atoms with E-state index in [1.165, 1.54) is 0 Å². The summed E-state index contributed by atoms with van der Waals surface area (Å²) in [6, 6.07) is 9.78. The number of alkyl halides is 3. The van der Waals surface area contributed by atoms with Gasteiger partial charge in [0, 0.05) is 25.3 Å². The number of hydrogen-bond donors (Lipinski definition) is 2. The summed E-state index contributed by atoms with van der Waals surface area (Å²) in [4.78, 5) is 28.4. The van der Waals surface area contributed by atoms with E-state index in [0.29, 0.717) is 6.54 Å². The van der Waals surface area contributed by atoms with Crippen molar-refractivity contribution in [2.75, 3.05) is 13.1 Å². The van der Waals surface area contributed by atoms with Crippen molar-refractivity contribution in [3.63, 3.8) is 0 Å². The molecule has 3 unspecified atom stereocenters. The lowest BCUT2D eigenvalue weighted by Gasteiger charge is -2.32. The van der Waals surface area contributed by atoms with E-state index in [1.807, 2.05) is 31.2 Å². The van der Waals surface area contributed by atoms with Crippen LogP contribution in [0.4, 0.5) is 13.2 Å². The van der Waals surface area contributed by atoms with Crippen LogP contribution >= 0.6 is 0 Å². The molecule has 2 N–H and O–H groups in total. The van der Waals surface area contributed by atoms with Crippen molar-refractivity contribution in [1.82, 2.24) is 15.2 Å². The Bertz CT molecular complexity index is 920. The van der Waals surface area contributed by atoms with Gasteiger partial charge in [-0.05, 0) is 37.6 Å². The van der Waals surface area contributed by atoms with Crippen molar-refractivity contribution >= 4 is 11.9 Å². The lowest BCUT2D eigenvalue weighted by Crippen LogP contribution is -2.45. The van der Waals surface area contributed by atoms with Gasteiger partial charge in [0.15, 0.2) is 0 Å². The summed E-state index contributed by atoms with van der Waals surface area (Å²) in [6.07, 6.45) is -2.60. The van der Waals surface area contributed by atoms with E-state index in [1.54, 1.807) is 6.26 Å². The minimum Gasteiger partial charge on any atom is -0.475 e. The highest BCUT2D eigenvalue weighted by Crippen LogP contribution is 2.32. The molecule has 0 aromatic carbocycles. The van der Waals surface area contributed by atoms with Gasteiger partial charge in [0.05, 0.1) is 36.6 Å². The number of likely N-dealkylation sites (tertiary alicyclic amines) is 1. The van der Waals surface area contributed by atoms with Crippen LogP contribution in [0, 0.1) is 12.8 Å². The van der Waals surface area contributed by atoms with E-state index < -0.39 is 12.1 Å². The number of aliphatic carboxylic acids is 1. The number of carbonyl (C=O) groups excluding carboxylic acids is 1. The molecule has 2 aliphatic rings. The maximum Gasteiger partial charge on any atom is 0.490 e. The second kappa shape index (κ2) is 10.1. The number of aromatic nitrogens is 1. The minimum absolute atomic E-state index is 0.0415. The van der Waals surface area contributed by atoms with E-state index in [9.17, 15) is 18.0 Å². The number of carboxylic acid groups (broad SMARTS) is 1. The van der Waals surface area contributed by atoms with Crippen LogP contribution in [-0.2, 0) is 27.4 Å². The van der Waals surface area contributed by atoms with Crippen molar-refractivity contribution in [1.29, 1.82) is 0 Å². The normalized spacial score (nSPS) is 22.7. The van der Waals surface area contributed by atoms with E-state index in [4.69, 9.17) is 19.1 Å². The lowest BCUT2D eigenvalue weighted by molar-refractivity contribution is -0.192. The maximum atomic E-state index is 12.5. The summed E-state index contributed by atoms with van der Waals surface area (Å²) < 4.78 is 43.0. The summed E-state index contributed by atoms with van der Waals surface area (Å²) in [5, 5.41) is 10.1. The molecule has 8 nitrogen and oxygen atoms in total. The quantitative estimate of drug-likeness (QED) is 0.714. The number of fused-ring (bicyclic) bond motifs is 2. The molecule has 2 aromatic rings. The molecule has 1 amide bonds. The second-order valence-electron chi connectivity index (χ2n) is 7.70. The zero-order chi connectivity index (χ0) is 23.3. The number of nitrogens with zero attached hydrogens (tertiary/aromatic N) is 2. The zero-order valence-electron chi connectivity index (χ0n) is 17.3. The topological polar surface area (TPSA) is 105 Å². The number of aryl methyl sites for hydroxylation is 1. The number of carboxylic acids is 1. The van der Waals surface area contributed by atoms with Gasteiger partial charge in [0.1, 0.15) is 5.76 Å². The molecule has 0 aliphatic carbocycles. The van der Waals surface area contributed by atoms with Crippen molar-refractivity contribution in [3.05, 3.63) is 53.7 Å². The zero-order valence-corrected chi connectivity index (χ0v) is 17.3. The van der Waals surface area contributed by atoms with Crippen molar-refractivity contribution < 1.29 is 37.0 Å². The Morgan fingerprint density at radius 3 is 2.62 bits per heavy atom. The average Bonchev–Trinajstić information content (AvgIpc) is 3.33. The molecule has 2 fully saturated rings. The molecule has 0 saturated carbocycles. The number of morpholine rings is 1. The fraction of sp³-hybridized carbons (Fsp3) is 0.476. The van der Waals surface area contributed by atoms with Crippen LogP contribution in [0.25, 0.3) is 0 Å². The standard InChI is InChI=1S/C19H23N3O3.C2HF3O2/c1-13-4-2-5-14(21-13)10-22-11-16-8-17(18(12-22)25-16)19(23)20-9-15-6-3-7-24-15;3-2(4,5)1(6)7/h2-7,16-18H,8-12H2,1H3,(H,20,23);(H,6,7). The largest absolute Gasteiger partial charge is 0.490 e. The minimum atomic E-state index is -5.08. The Morgan fingerprint density at radius 2 is 2.00 bits per heavy atom. The van der Waals surface area contributed by atoms with Gasteiger partial charge in [-0.2, -0.15) is 13.2 Å². The predicted octanol–water partition coefficient (Wildman–Crippen LogP) is 2.52. The second-order valence-corrected chi connectivity index (χ2v) is 7.70. The molecular weight excluding hydrogens is 431 g/mol. The van der Waals surface area contributed by atoms with Crippen LogP contribution in [-0.4, -0.2) is 58.3 Å². The first-order valence-corrected chi connectivity index (χ1v) is 10.0. The van der Waals surface area contributed by atoms with Gasteiger partial charge in [0.25, 0.3) is 0 Å². The molecule has 2 aliphatic heterocycles. The van der Waals surface area contributed by atoms with Gasteiger partial charge in [0.2, 0.25) is 5.91 Å². The summed E-state index contributed by atoms with van der Waals surface area (Å²) in [5.41, 5.74) is 2.10. The third-order valence-electron chi connectivity index (χ3n) is 5.16. The van der Waals surface area contributed by atoms with Crippen molar-refractivity contribution in [3.8, 4) is 0 Å². The number of ether oxygens (including phenoxy) is 1. The summed E-state index contributed by atoms with van der Waals surface area (Å²) in [6.45, 7) is 4.86. The molecule has 11 heteroatoms. The van der Waals surface area contributed by atoms with Crippen LogP contribution < -0.4 is 5.32 Å². The Morgan fingerprint density at radius 1 is 1.25 bits per heavy atom. The number of amides is 1. The number of rotatable bonds is 5. The van der Waals surface area contributed by atoms with E-state index >= 15 is 0 Å². The highest BCUT2D eigenvalue weighted by Gasteiger charge is 2.44. The number of halogens is 3. The first-order valence-electron chi connectivity index (χ1n) is 10.0. The highest BCUT2D eigenvalue weighted by molar-refractivity contribution is 5.79. The predicted molar refractivity (Wildman–Crippen MR) is 105 cm³/mol. The van der Waals surface area contributed by atoms with E-state index in [0.717, 1.165) is 43.2 Å². The molecule has 174 valence electrons. The van der Waals surface area contributed by atoms with Gasteiger partial charge in [-0.3, -0.25) is 14.7 Å². The number of hydrogen-bond acceptors (Lipinski definition) is 6. The fourth-order valence-electron chi connectivity index (χ4n) is 3.78. The average molecular weight is 455 g/mol. The Hall–Kier alpha value is -2.92. The molecule has 0 radical (unpaired) electrons. The molecule has 4 heterocycles. The van der Waals surface area contributed by atoms with Gasteiger partial charge in [-0.1, -0.05) is 6.07 Å². The Kier molecular flexibility index (Phi) is 7.52. The first-order chi connectivity index (χ1) is 15.1. The van der Waals surface area contributed by atoms with Crippen molar-refractivity contribution in [2.45, 2.75) is 44.8 Å². The van der Waals surface area contributed by atoms with Gasteiger partial charge in [-0.25, -0.2) is 4.79 Å². The third kappa shape index (κ3) is 6.54. The Balaban J connectivity index is 0.000000360. The van der Waals surface area contributed by atoms with Gasteiger partial charge >= 0.3 is 12.1 Å². The summed E-state index contributed by atoms with van der Waals surface area (Å²) in [7, 11) is 0. The Labute approximate surface area is 182 Å². The first kappa shape index (κ1) is 23.7. The fourth-order valence-corrected chi connectivity index (χ4v) is 3.78.